The first-order valence-electron chi connectivity index (χ1n) is 21.9. The van der Waals surface area contributed by atoms with E-state index in [0.29, 0.717) is 6.42 Å². The molecule has 0 aliphatic heterocycles. The molecular formula is C48H66CaO10S2. The molecular weight excluding hydrogens is 841 g/mol. The van der Waals surface area contributed by atoms with Gasteiger partial charge in [0.05, 0.1) is 4.90 Å². The zero-order chi connectivity index (χ0) is 43.6. The normalized spacial score (nSPS) is 11.3. The Labute approximate surface area is 396 Å². The first kappa shape index (κ1) is 54.3. The second-order valence-electron chi connectivity index (χ2n) is 15.4. The van der Waals surface area contributed by atoms with E-state index in [1.165, 1.54) is 145 Å². The summed E-state index contributed by atoms with van der Waals surface area (Å²) in [4.78, 5) is -0.781. The van der Waals surface area contributed by atoms with Gasteiger partial charge < -0.3 is 24.2 Å². The van der Waals surface area contributed by atoms with Crippen molar-refractivity contribution in [1.29, 1.82) is 0 Å². The molecule has 2 N–H and O–H groups in total. The smallest absolute Gasteiger partial charge is 0.870 e. The van der Waals surface area contributed by atoms with E-state index in [-0.39, 0.29) is 77.1 Å². The van der Waals surface area contributed by atoms with Crippen LogP contribution < -0.4 is 14.6 Å². The molecule has 0 heterocycles. The summed E-state index contributed by atoms with van der Waals surface area (Å²) in [5.74, 6) is -0.151. The van der Waals surface area contributed by atoms with Crippen LogP contribution in [0.15, 0.2) is 94.7 Å². The topological polar surface area (TPSA) is 173 Å². The van der Waals surface area contributed by atoms with Crippen molar-refractivity contribution in [2.24, 2.45) is 0 Å². The van der Waals surface area contributed by atoms with Gasteiger partial charge in [0, 0.05) is 0 Å². The number of benzene rings is 4. The van der Waals surface area contributed by atoms with Gasteiger partial charge in [0.15, 0.2) is 11.5 Å². The van der Waals surface area contributed by atoms with Gasteiger partial charge in [-0.25, -0.2) is 8.42 Å². The summed E-state index contributed by atoms with van der Waals surface area (Å²) in [6, 6.07) is 21.5. The van der Waals surface area contributed by atoms with Crippen molar-refractivity contribution in [3.05, 3.63) is 96.1 Å². The largest absolute Gasteiger partial charge is 2.00 e. The van der Waals surface area contributed by atoms with Crippen molar-refractivity contribution in [2.75, 3.05) is 0 Å². The molecule has 332 valence electrons. The van der Waals surface area contributed by atoms with Gasteiger partial charge in [0.25, 0.3) is 10.1 Å². The van der Waals surface area contributed by atoms with Crippen LogP contribution in [-0.2, 0) is 33.1 Å². The number of aromatic hydroxyl groups is 1. The van der Waals surface area contributed by atoms with Crippen LogP contribution in [0.1, 0.15) is 153 Å². The van der Waals surface area contributed by atoms with E-state index in [0.717, 1.165) is 49.7 Å². The Balaban J connectivity index is 0.000000413. The fraction of sp³-hybridized carbons (Fsp3) is 0.500. The summed E-state index contributed by atoms with van der Waals surface area (Å²) in [7, 11) is -9.12. The number of ether oxygens (including phenoxy) is 2. The molecule has 0 amide bonds. The maximum Gasteiger partial charge on any atom is 2.00 e. The van der Waals surface area contributed by atoms with Crippen molar-refractivity contribution in [2.45, 2.75) is 165 Å². The number of aryl methyl sites for hydroxylation is 2. The number of phenolic OH excluding ortho intramolecular Hbond substituents is 1. The van der Waals surface area contributed by atoms with Crippen LogP contribution in [0.5, 0.6) is 34.5 Å². The Morgan fingerprint density at radius 3 is 1.33 bits per heavy atom. The van der Waals surface area contributed by atoms with Crippen LogP contribution in [0, 0.1) is 0 Å². The number of hydrogen-bond donors (Lipinski definition) is 2. The maximum atomic E-state index is 12.3. The SMILES string of the molecule is CCCCCCCCCCCCc1cccc(O)c1Oc1ccccc1S(=O)(=O)O.CCCCCCCCCCCCc1cccc([O-])c1Oc1ccccc1S(=O)(=O)[O-].[Ca+2]. The molecule has 4 aromatic carbocycles. The summed E-state index contributed by atoms with van der Waals surface area (Å²) in [5.41, 5.74) is 1.56. The molecule has 0 aliphatic rings. The monoisotopic (exact) mass is 906 g/mol. The summed E-state index contributed by atoms with van der Waals surface area (Å²) in [6.07, 6.45) is 26.0. The van der Waals surface area contributed by atoms with E-state index in [4.69, 9.17) is 9.47 Å². The summed E-state index contributed by atoms with van der Waals surface area (Å²) < 4.78 is 78.4. The molecule has 0 bridgehead atoms. The standard InChI is InChI=1S/2C24H34O5S.Ca/c2*1-2-3-4-5-6-7-8-9-10-11-15-20-16-14-17-21(25)24(20)29-22-18-12-13-19-23(22)30(26,27)28;/h2*12-14,16-19,25H,2-11,15H2,1H3,(H,26,27,28);/q;;+2/p-2. The number of hydrogen-bond acceptors (Lipinski definition) is 9. The molecule has 4 rings (SSSR count). The van der Waals surface area contributed by atoms with Crippen molar-refractivity contribution in [3.8, 4) is 34.5 Å². The second-order valence-corrected chi connectivity index (χ2v) is 18.1. The molecule has 0 atom stereocenters. The van der Waals surface area contributed by atoms with Gasteiger partial charge in [0.2, 0.25) is 0 Å². The molecule has 0 aromatic heterocycles. The third-order valence-electron chi connectivity index (χ3n) is 10.4. The summed E-state index contributed by atoms with van der Waals surface area (Å²) in [6.45, 7) is 4.46. The van der Waals surface area contributed by atoms with Crippen LogP contribution in [0.2, 0.25) is 0 Å². The molecule has 0 unspecified atom stereocenters. The van der Waals surface area contributed by atoms with E-state index in [9.17, 15) is 36.2 Å². The van der Waals surface area contributed by atoms with Crippen molar-refractivity contribution in [3.63, 3.8) is 0 Å². The first-order chi connectivity index (χ1) is 28.9. The fourth-order valence-electron chi connectivity index (χ4n) is 7.07. The predicted octanol–water partition coefficient (Wildman–Crippen LogP) is 12.4. The minimum atomic E-state index is -4.69. The minimum Gasteiger partial charge on any atom is -0.870 e. The number of unbranched alkanes of at least 4 members (excludes halogenated alkanes) is 18. The number of para-hydroxylation sites is 4. The Kier molecular flexibility index (Phi) is 27.0. The fourth-order valence-corrected chi connectivity index (χ4v) is 8.29. The van der Waals surface area contributed by atoms with Gasteiger partial charge >= 0.3 is 37.7 Å². The molecule has 0 saturated carbocycles. The van der Waals surface area contributed by atoms with E-state index in [1.54, 1.807) is 24.3 Å². The number of phenols is 1. The minimum absolute atomic E-state index is 0. The molecule has 0 aliphatic carbocycles. The molecule has 0 fully saturated rings. The van der Waals surface area contributed by atoms with Crippen LogP contribution in [0.4, 0.5) is 0 Å². The predicted molar refractivity (Wildman–Crippen MR) is 242 cm³/mol. The van der Waals surface area contributed by atoms with Crippen LogP contribution in [0.3, 0.4) is 0 Å². The average Bonchev–Trinajstić information content (AvgIpc) is 3.21. The van der Waals surface area contributed by atoms with Crippen LogP contribution in [-0.4, -0.2) is 68.8 Å². The Hall–Kier alpha value is -2.84. The van der Waals surface area contributed by atoms with Gasteiger partial charge in [0.1, 0.15) is 32.3 Å². The van der Waals surface area contributed by atoms with E-state index in [2.05, 4.69) is 13.8 Å². The summed E-state index contributed by atoms with van der Waals surface area (Å²) >= 11 is 0. The molecule has 10 nitrogen and oxygen atoms in total. The van der Waals surface area contributed by atoms with Crippen molar-refractivity contribution < 1.29 is 45.6 Å². The maximum absolute atomic E-state index is 12.3. The molecule has 0 saturated heterocycles. The van der Waals surface area contributed by atoms with Crippen molar-refractivity contribution >= 4 is 58.0 Å². The summed E-state index contributed by atoms with van der Waals surface area (Å²) in [5, 5.41) is 22.6. The Morgan fingerprint density at radius 2 is 0.869 bits per heavy atom. The third kappa shape index (κ3) is 20.9. The van der Waals surface area contributed by atoms with Gasteiger partial charge in [-0.05, 0) is 67.1 Å². The third-order valence-corrected chi connectivity index (χ3v) is 12.2. The number of rotatable bonds is 28. The second kappa shape index (κ2) is 30.3. The van der Waals surface area contributed by atoms with E-state index < -0.39 is 25.1 Å². The van der Waals surface area contributed by atoms with Gasteiger partial charge in [-0.2, -0.15) is 8.42 Å². The molecule has 13 heteroatoms. The zero-order valence-corrected chi connectivity index (χ0v) is 40.2. The molecule has 0 spiro atoms. The van der Waals surface area contributed by atoms with Gasteiger partial charge in [-0.1, -0.05) is 190 Å². The quantitative estimate of drug-likeness (QED) is 0.0317. The van der Waals surface area contributed by atoms with Gasteiger partial charge in [-0.3, -0.25) is 4.55 Å². The van der Waals surface area contributed by atoms with Crippen molar-refractivity contribution in [1.82, 2.24) is 0 Å². The van der Waals surface area contributed by atoms with Crippen LogP contribution in [0.25, 0.3) is 0 Å². The van der Waals surface area contributed by atoms with E-state index >= 15 is 0 Å². The molecule has 61 heavy (non-hydrogen) atoms. The Morgan fingerprint density at radius 1 is 0.492 bits per heavy atom. The zero-order valence-electron chi connectivity index (χ0n) is 36.3. The van der Waals surface area contributed by atoms with Crippen LogP contribution >= 0.6 is 0 Å². The molecule has 4 aromatic rings. The Bertz CT molecular complexity index is 1910. The van der Waals surface area contributed by atoms with Gasteiger partial charge in [-0.15, -0.1) is 0 Å². The average molecular weight is 907 g/mol. The van der Waals surface area contributed by atoms with E-state index in [1.807, 2.05) is 12.1 Å². The molecule has 0 radical (unpaired) electrons. The first-order valence-corrected chi connectivity index (χ1v) is 24.8.